The van der Waals surface area contributed by atoms with Crippen molar-refractivity contribution in [2.24, 2.45) is 7.05 Å². The molecule has 0 saturated carbocycles. The lowest BCUT2D eigenvalue weighted by molar-refractivity contribution is 0.158. The number of nitrogens with zero attached hydrogens (tertiary/aromatic N) is 3. The molecule has 1 atom stereocenters. The predicted molar refractivity (Wildman–Crippen MR) is 81.5 cm³/mol. The van der Waals surface area contributed by atoms with Gasteiger partial charge in [0.25, 0.3) is 0 Å². The predicted octanol–water partition coefficient (Wildman–Crippen LogP) is 0.213. The molecule has 2 aliphatic rings. The van der Waals surface area contributed by atoms with Gasteiger partial charge in [-0.2, -0.15) is 4.31 Å². The number of rotatable bonds is 4. The summed E-state index contributed by atoms with van der Waals surface area (Å²) in [6.45, 7) is 3.90. The number of hydrogen-bond donors (Lipinski definition) is 1. The Bertz CT molecular complexity index is 610. The van der Waals surface area contributed by atoms with Crippen LogP contribution in [0.15, 0.2) is 17.2 Å². The van der Waals surface area contributed by atoms with Gasteiger partial charge in [-0.15, -0.1) is 0 Å². The van der Waals surface area contributed by atoms with E-state index in [0.717, 1.165) is 25.2 Å². The zero-order chi connectivity index (χ0) is 15.0. The van der Waals surface area contributed by atoms with Gasteiger partial charge in [-0.1, -0.05) is 0 Å². The summed E-state index contributed by atoms with van der Waals surface area (Å²) in [6, 6.07) is 2.20. The minimum absolute atomic E-state index is 0.411. The van der Waals surface area contributed by atoms with Crippen molar-refractivity contribution in [3.63, 3.8) is 0 Å². The third kappa shape index (κ3) is 2.75. The highest BCUT2D eigenvalue weighted by molar-refractivity contribution is 7.89. The average Bonchev–Trinajstić information content (AvgIpc) is 3.06. The highest BCUT2D eigenvalue weighted by atomic mass is 32.2. The van der Waals surface area contributed by atoms with E-state index in [4.69, 9.17) is 0 Å². The molecule has 0 bridgehead atoms. The molecule has 7 heteroatoms. The summed E-state index contributed by atoms with van der Waals surface area (Å²) in [5.41, 5.74) is 0.982. The van der Waals surface area contributed by atoms with Crippen LogP contribution in [-0.2, 0) is 23.6 Å². The molecule has 3 rings (SSSR count). The maximum absolute atomic E-state index is 12.8. The number of fused-ring (bicyclic) bond motifs is 1. The maximum Gasteiger partial charge on any atom is 0.244 e. The smallest absolute Gasteiger partial charge is 0.244 e. The van der Waals surface area contributed by atoms with Crippen molar-refractivity contribution in [1.82, 2.24) is 19.1 Å². The van der Waals surface area contributed by atoms with Crippen molar-refractivity contribution in [2.45, 2.75) is 30.3 Å². The topological polar surface area (TPSA) is 57.6 Å². The van der Waals surface area contributed by atoms with Gasteiger partial charge in [0.1, 0.15) is 4.90 Å². The van der Waals surface area contributed by atoms with Crippen LogP contribution < -0.4 is 5.32 Å². The van der Waals surface area contributed by atoms with Crippen LogP contribution in [0.4, 0.5) is 0 Å². The first-order valence-corrected chi connectivity index (χ1v) is 9.00. The molecule has 0 aliphatic carbocycles. The van der Waals surface area contributed by atoms with Crippen molar-refractivity contribution in [3.05, 3.63) is 18.0 Å². The number of aromatic nitrogens is 1. The number of sulfonamides is 1. The Morgan fingerprint density at radius 2 is 2.14 bits per heavy atom. The normalized spacial score (nSPS) is 24.4. The number of piperazine rings is 1. The van der Waals surface area contributed by atoms with E-state index < -0.39 is 10.0 Å². The van der Waals surface area contributed by atoms with Crippen LogP contribution in [0.5, 0.6) is 0 Å². The molecule has 1 aromatic heterocycles. The molecule has 2 aliphatic heterocycles. The minimum atomic E-state index is -3.36. The Morgan fingerprint density at radius 1 is 1.33 bits per heavy atom. The first-order valence-electron chi connectivity index (χ1n) is 7.56. The van der Waals surface area contributed by atoms with Gasteiger partial charge < -0.3 is 9.88 Å². The zero-order valence-electron chi connectivity index (χ0n) is 12.7. The summed E-state index contributed by atoms with van der Waals surface area (Å²) >= 11 is 0. The van der Waals surface area contributed by atoms with Gasteiger partial charge in [-0.25, -0.2) is 8.42 Å². The van der Waals surface area contributed by atoms with Crippen LogP contribution in [0.3, 0.4) is 0 Å². The molecule has 21 heavy (non-hydrogen) atoms. The zero-order valence-corrected chi connectivity index (χ0v) is 13.6. The Kier molecular flexibility index (Phi) is 4.09. The highest BCUT2D eigenvalue weighted by Crippen LogP contribution is 2.26. The second kappa shape index (κ2) is 5.72. The summed E-state index contributed by atoms with van der Waals surface area (Å²) in [5.74, 6) is 0. The van der Waals surface area contributed by atoms with Crippen molar-refractivity contribution in [2.75, 3.05) is 33.2 Å². The fraction of sp³-hybridized carbons (Fsp3) is 0.714. The van der Waals surface area contributed by atoms with Gasteiger partial charge in [0.05, 0.1) is 0 Å². The van der Waals surface area contributed by atoms with Crippen LogP contribution in [0.25, 0.3) is 0 Å². The third-order valence-corrected chi connectivity index (χ3v) is 6.46. The second-order valence-electron chi connectivity index (χ2n) is 6.00. The molecule has 118 valence electrons. The summed E-state index contributed by atoms with van der Waals surface area (Å²) in [6.07, 6.45) is 4.03. The van der Waals surface area contributed by atoms with Gasteiger partial charge in [0.2, 0.25) is 10.0 Å². The fourth-order valence-electron chi connectivity index (χ4n) is 3.40. The molecular formula is C14H24N4O2S. The molecule has 0 aromatic carbocycles. The molecular weight excluding hydrogens is 288 g/mol. The van der Waals surface area contributed by atoms with E-state index in [0.29, 0.717) is 30.6 Å². The lowest BCUT2D eigenvalue weighted by atomic mass is 10.2. The number of aryl methyl sites for hydroxylation is 1. The van der Waals surface area contributed by atoms with E-state index in [9.17, 15) is 8.42 Å². The fourth-order valence-corrected chi connectivity index (χ4v) is 4.97. The van der Waals surface area contributed by atoms with Crippen LogP contribution in [0.1, 0.15) is 18.5 Å². The summed E-state index contributed by atoms with van der Waals surface area (Å²) < 4.78 is 29.2. The Labute approximate surface area is 126 Å². The van der Waals surface area contributed by atoms with Crippen molar-refractivity contribution >= 4 is 10.0 Å². The summed E-state index contributed by atoms with van der Waals surface area (Å²) in [7, 11) is 0.388. The first kappa shape index (κ1) is 15.0. The Hall–Kier alpha value is -0.890. The molecule has 6 nitrogen and oxygen atoms in total. The van der Waals surface area contributed by atoms with Crippen LogP contribution >= 0.6 is 0 Å². The molecule has 1 aromatic rings. The molecule has 0 spiro atoms. The van der Waals surface area contributed by atoms with Crippen LogP contribution in [0, 0.1) is 0 Å². The van der Waals surface area contributed by atoms with Gasteiger partial charge >= 0.3 is 0 Å². The van der Waals surface area contributed by atoms with E-state index in [2.05, 4.69) is 10.2 Å². The lowest BCUT2D eigenvalue weighted by Crippen LogP contribution is -2.51. The van der Waals surface area contributed by atoms with Crippen molar-refractivity contribution < 1.29 is 8.42 Å². The SMILES string of the molecule is CNCc1cc(S(=O)(=O)N2CCN3CCCC3C2)cn1C. The van der Waals surface area contributed by atoms with Crippen LogP contribution in [0.2, 0.25) is 0 Å². The molecule has 0 radical (unpaired) electrons. The number of hydrogen-bond acceptors (Lipinski definition) is 4. The molecule has 0 amide bonds. The van der Waals surface area contributed by atoms with E-state index in [1.165, 1.54) is 6.42 Å². The largest absolute Gasteiger partial charge is 0.352 e. The standard InChI is InChI=1S/C14H24N4O2S/c1-15-9-13-8-14(11-16(13)2)21(19,20)18-7-6-17-5-3-4-12(17)10-18/h8,11-12,15H,3-7,9-10H2,1-2H3. The first-order chi connectivity index (χ1) is 10.0. The van der Waals surface area contributed by atoms with E-state index in [-0.39, 0.29) is 0 Å². The average molecular weight is 312 g/mol. The number of nitrogens with one attached hydrogen (secondary N) is 1. The quantitative estimate of drug-likeness (QED) is 0.864. The van der Waals surface area contributed by atoms with E-state index >= 15 is 0 Å². The maximum atomic E-state index is 12.8. The molecule has 3 heterocycles. The van der Waals surface area contributed by atoms with Crippen molar-refractivity contribution in [3.8, 4) is 0 Å². The summed E-state index contributed by atoms with van der Waals surface area (Å²) in [4.78, 5) is 2.84. The van der Waals surface area contributed by atoms with Gasteiger partial charge in [-0.3, -0.25) is 4.90 Å². The van der Waals surface area contributed by atoms with E-state index in [1.54, 1.807) is 16.6 Å². The molecule has 1 N–H and O–H groups in total. The molecule has 1 unspecified atom stereocenters. The molecule has 2 fully saturated rings. The van der Waals surface area contributed by atoms with E-state index in [1.807, 2.05) is 18.7 Å². The van der Waals surface area contributed by atoms with Gasteiger partial charge in [0, 0.05) is 51.2 Å². The van der Waals surface area contributed by atoms with Crippen molar-refractivity contribution in [1.29, 1.82) is 0 Å². The third-order valence-electron chi connectivity index (χ3n) is 4.63. The summed E-state index contributed by atoms with van der Waals surface area (Å²) in [5, 5.41) is 3.06. The molecule has 2 saturated heterocycles. The Balaban J connectivity index is 1.81. The lowest BCUT2D eigenvalue weighted by Gasteiger charge is -2.36. The monoisotopic (exact) mass is 312 g/mol. The van der Waals surface area contributed by atoms with Gasteiger partial charge in [0.15, 0.2) is 0 Å². The Morgan fingerprint density at radius 3 is 2.90 bits per heavy atom. The highest BCUT2D eigenvalue weighted by Gasteiger charge is 2.36. The minimum Gasteiger partial charge on any atom is -0.352 e. The van der Waals surface area contributed by atoms with Gasteiger partial charge in [-0.05, 0) is 32.5 Å². The van der Waals surface area contributed by atoms with Crippen LogP contribution in [-0.4, -0.2) is 61.5 Å². The second-order valence-corrected chi connectivity index (χ2v) is 7.94.